The quantitative estimate of drug-likeness (QED) is 0.858. The normalized spacial score (nSPS) is 19.6. The minimum absolute atomic E-state index is 0.00219. The van der Waals surface area contributed by atoms with Crippen molar-refractivity contribution in [2.45, 2.75) is 38.7 Å². The molecule has 0 bridgehead atoms. The summed E-state index contributed by atoms with van der Waals surface area (Å²) in [5.41, 5.74) is -0.178. The number of amides is 1. The second kappa shape index (κ2) is 6.47. The van der Waals surface area contributed by atoms with E-state index in [0.717, 1.165) is 31.5 Å². The molecule has 0 spiro atoms. The van der Waals surface area contributed by atoms with Gasteiger partial charge in [-0.2, -0.15) is 13.2 Å². The zero-order valence-electron chi connectivity index (χ0n) is 11.8. The predicted octanol–water partition coefficient (Wildman–Crippen LogP) is 3.23. The number of hydrogen-bond acceptors (Lipinski definition) is 2. The maximum absolute atomic E-state index is 12.6. The highest BCUT2D eigenvalue weighted by molar-refractivity contribution is 5.73. The first kappa shape index (κ1) is 15.8. The van der Waals surface area contributed by atoms with Gasteiger partial charge in [0, 0.05) is 20.0 Å². The number of nitrogens with zero attached hydrogens (tertiary/aromatic N) is 1. The molecule has 0 N–H and O–H groups in total. The Morgan fingerprint density at radius 3 is 2.86 bits per heavy atom. The second-order valence-electron chi connectivity index (χ2n) is 5.24. The molecule has 1 aromatic carbocycles. The highest BCUT2D eigenvalue weighted by atomic mass is 19.4. The van der Waals surface area contributed by atoms with Crippen LogP contribution >= 0.6 is 0 Å². The zero-order chi connectivity index (χ0) is 15.5. The molecule has 1 heterocycles. The molecule has 1 amide bonds. The van der Waals surface area contributed by atoms with E-state index in [1.54, 1.807) is 11.0 Å². The minimum atomic E-state index is -4.34. The minimum Gasteiger partial charge on any atom is -0.372 e. The largest absolute Gasteiger partial charge is 0.416 e. The molecule has 0 aliphatic carbocycles. The van der Waals surface area contributed by atoms with Gasteiger partial charge in [-0.05, 0) is 30.5 Å². The van der Waals surface area contributed by atoms with Gasteiger partial charge in [-0.15, -0.1) is 0 Å². The van der Waals surface area contributed by atoms with Crippen molar-refractivity contribution in [3.8, 4) is 0 Å². The average Bonchev–Trinajstić information content (AvgIpc) is 2.45. The van der Waals surface area contributed by atoms with Gasteiger partial charge in [0.25, 0.3) is 0 Å². The van der Waals surface area contributed by atoms with Crippen LogP contribution in [0.15, 0.2) is 24.3 Å². The fourth-order valence-electron chi connectivity index (χ4n) is 2.41. The molecule has 1 fully saturated rings. The molecule has 1 aliphatic rings. The Morgan fingerprint density at radius 1 is 1.43 bits per heavy atom. The third-order valence-electron chi connectivity index (χ3n) is 3.56. The third kappa shape index (κ3) is 4.46. The molecular formula is C15H18F3NO2. The smallest absolute Gasteiger partial charge is 0.372 e. The average molecular weight is 301 g/mol. The van der Waals surface area contributed by atoms with Crippen LogP contribution in [0.3, 0.4) is 0 Å². The van der Waals surface area contributed by atoms with Crippen molar-refractivity contribution in [2.75, 3.05) is 13.1 Å². The summed E-state index contributed by atoms with van der Waals surface area (Å²) in [6.07, 6.45) is -2.78. The summed E-state index contributed by atoms with van der Waals surface area (Å²) < 4.78 is 43.5. The van der Waals surface area contributed by atoms with Gasteiger partial charge < -0.3 is 9.64 Å². The highest BCUT2D eigenvalue weighted by Gasteiger charge is 2.30. The number of likely N-dealkylation sites (tertiary alicyclic amines) is 1. The van der Waals surface area contributed by atoms with E-state index in [2.05, 4.69) is 0 Å². The zero-order valence-corrected chi connectivity index (χ0v) is 11.8. The number of piperidine rings is 1. The van der Waals surface area contributed by atoms with Crippen molar-refractivity contribution in [3.05, 3.63) is 35.4 Å². The number of ether oxygens (including phenoxy) is 1. The van der Waals surface area contributed by atoms with Crippen molar-refractivity contribution in [1.29, 1.82) is 0 Å². The molecule has 1 aromatic rings. The van der Waals surface area contributed by atoms with Crippen LogP contribution in [-0.2, 0) is 22.3 Å². The number of halogens is 3. The van der Waals surface area contributed by atoms with E-state index in [1.165, 1.54) is 13.0 Å². The van der Waals surface area contributed by atoms with E-state index in [9.17, 15) is 18.0 Å². The molecule has 21 heavy (non-hydrogen) atoms. The molecule has 1 aliphatic heterocycles. The molecular weight excluding hydrogens is 283 g/mol. The molecule has 2 rings (SSSR count). The van der Waals surface area contributed by atoms with Gasteiger partial charge in [-0.25, -0.2) is 0 Å². The van der Waals surface area contributed by atoms with Gasteiger partial charge in [0.15, 0.2) is 0 Å². The van der Waals surface area contributed by atoms with Gasteiger partial charge >= 0.3 is 6.18 Å². The fourth-order valence-corrected chi connectivity index (χ4v) is 2.41. The summed E-state index contributed by atoms with van der Waals surface area (Å²) in [4.78, 5) is 13.0. The van der Waals surface area contributed by atoms with Gasteiger partial charge in [0.1, 0.15) is 0 Å². The number of carbonyl (C=O) groups excluding carboxylic acids is 1. The summed E-state index contributed by atoms with van der Waals surface area (Å²) in [7, 11) is 0. The Morgan fingerprint density at radius 2 is 2.19 bits per heavy atom. The first-order chi connectivity index (χ1) is 9.86. The van der Waals surface area contributed by atoms with Crippen LogP contribution in [0.4, 0.5) is 13.2 Å². The van der Waals surface area contributed by atoms with Crippen molar-refractivity contribution < 1.29 is 22.7 Å². The lowest BCUT2D eigenvalue weighted by atomic mass is 10.1. The summed E-state index contributed by atoms with van der Waals surface area (Å²) >= 11 is 0. The summed E-state index contributed by atoms with van der Waals surface area (Å²) in [6, 6.07) is 5.14. The van der Waals surface area contributed by atoms with Crippen molar-refractivity contribution in [2.24, 2.45) is 0 Å². The SMILES string of the molecule is CC(=O)N1CCCC(OCc2cccc(C(F)(F)F)c2)C1. The first-order valence-corrected chi connectivity index (χ1v) is 6.89. The highest BCUT2D eigenvalue weighted by Crippen LogP contribution is 2.29. The number of rotatable bonds is 3. The van der Waals surface area contributed by atoms with E-state index < -0.39 is 11.7 Å². The fraction of sp³-hybridized carbons (Fsp3) is 0.533. The second-order valence-corrected chi connectivity index (χ2v) is 5.24. The number of hydrogen-bond donors (Lipinski definition) is 0. The molecule has 0 aromatic heterocycles. The van der Waals surface area contributed by atoms with Crippen molar-refractivity contribution in [1.82, 2.24) is 4.90 Å². The lowest BCUT2D eigenvalue weighted by molar-refractivity contribution is -0.138. The number of alkyl halides is 3. The van der Waals surface area contributed by atoms with Gasteiger partial charge in [0.05, 0.1) is 18.3 Å². The van der Waals surface area contributed by atoms with Gasteiger partial charge in [0.2, 0.25) is 5.91 Å². The Kier molecular flexibility index (Phi) is 4.88. The third-order valence-corrected chi connectivity index (χ3v) is 3.56. The first-order valence-electron chi connectivity index (χ1n) is 6.89. The van der Waals surface area contributed by atoms with E-state index in [0.29, 0.717) is 12.1 Å². The summed E-state index contributed by atoms with van der Waals surface area (Å²) in [5.74, 6) is 0.00219. The van der Waals surface area contributed by atoms with E-state index in [1.807, 2.05) is 0 Å². The lowest BCUT2D eigenvalue weighted by Gasteiger charge is -2.32. The monoisotopic (exact) mass is 301 g/mol. The maximum Gasteiger partial charge on any atom is 0.416 e. The van der Waals surface area contributed by atoms with Crippen LogP contribution in [0.25, 0.3) is 0 Å². The van der Waals surface area contributed by atoms with Crippen LogP contribution in [0, 0.1) is 0 Å². The van der Waals surface area contributed by atoms with E-state index >= 15 is 0 Å². The molecule has 3 nitrogen and oxygen atoms in total. The molecule has 0 saturated carbocycles. The number of carbonyl (C=O) groups is 1. The summed E-state index contributed by atoms with van der Waals surface area (Å²) in [5, 5.41) is 0. The van der Waals surface area contributed by atoms with Crippen LogP contribution in [0.2, 0.25) is 0 Å². The van der Waals surface area contributed by atoms with Crippen LogP contribution in [0.5, 0.6) is 0 Å². The molecule has 6 heteroatoms. The Bertz CT molecular complexity index is 502. The van der Waals surface area contributed by atoms with Gasteiger partial charge in [-0.3, -0.25) is 4.79 Å². The Labute approximate surface area is 121 Å². The topological polar surface area (TPSA) is 29.5 Å². The molecule has 116 valence electrons. The molecule has 1 unspecified atom stereocenters. The maximum atomic E-state index is 12.6. The van der Waals surface area contributed by atoms with Crippen LogP contribution in [0.1, 0.15) is 30.9 Å². The molecule has 1 saturated heterocycles. The number of benzene rings is 1. The van der Waals surface area contributed by atoms with Crippen molar-refractivity contribution in [3.63, 3.8) is 0 Å². The Hall–Kier alpha value is -1.56. The van der Waals surface area contributed by atoms with Crippen LogP contribution in [-0.4, -0.2) is 30.0 Å². The standard InChI is InChI=1S/C15H18F3NO2/c1-11(20)19-7-3-6-14(9-19)21-10-12-4-2-5-13(8-12)15(16,17)18/h2,4-5,8,14H,3,6-7,9-10H2,1H3. The lowest BCUT2D eigenvalue weighted by Crippen LogP contribution is -2.42. The van der Waals surface area contributed by atoms with Gasteiger partial charge in [-0.1, -0.05) is 12.1 Å². The predicted molar refractivity (Wildman–Crippen MR) is 71.5 cm³/mol. The summed E-state index contributed by atoms with van der Waals surface area (Å²) in [6.45, 7) is 2.86. The van der Waals surface area contributed by atoms with Crippen molar-refractivity contribution >= 4 is 5.91 Å². The van der Waals surface area contributed by atoms with Crippen LogP contribution < -0.4 is 0 Å². The Balaban J connectivity index is 1.92. The molecule has 1 atom stereocenters. The van der Waals surface area contributed by atoms with E-state index in [4.69, 9.17) is 4.74 Å². The molecule has 0 radical (unpaired) electrons. The van der Waals surface area contributed by atoms with E-state index in [-0.39, 0.29) is 18.6 Å².